The second-order valence-electron chi connectivity index (χ2n) is 5.92. The highest BCUT2D eigenvalue weighted by Crippen LogP contribution is 2.05. The summed E-state index contributed by atoms with van der Waals surface area (Å²) in [4.78, 5) is 11.7. The predicted molar refractivity (Wildman–Crippen MR) is 79.8 cm³/mol. The summed E-state index contributed by atoms with van der Waals surface area (Å²) in [7, 11) is 4.39. The fourth-order valence-electron chi connectivity index (χ4n) is 1.89. The third kappa shape index (κ3) is 6.92. The Morgan fingerprint density at radius 2 is 1.26 bits per heavy atom. The van der Waals surface area contributed by atoms with E-state index in [9.17, 15) is 4.79 Å². The van der Waals surface area contributed by atoms with Crippen molar-refractivity contribution < 1.29 is 18.5 Å². The number of ether oxygens (including phenoxy) is 1. The summed E-state index contributed by atoms with van der Waals surface area (Å²) in [5, 5.41) is 0. The van der Waals surface area contributed by atoms with Crippen molar-refractivity contribution in [1.82, 2.24) is 0 Å². The molecule has 0 atom stereocenters. The Kier molecular flexibility index (Phi) is 8.26. The van der Waals surface area contributed by atoms with E-state index in [1.807, 2.05) is 0 Å². The molecule has 0 saturated heterocycles. The number of hydrogen-bond donors (Lipinski definition) is 0. The van der Waals surface area contributed by atoms with E-state index in [0.717, 1.165) is 48.2 Å². The number of likely N-dealkylation sites (N-methyl/N-ethyl adjacent to an activating group) is 1. The molecule has 0 heterocycles. The monoisotopic (exact) mass is 274 g/mol. The standard InChI is InChI=1S/C15H34N2O2/c1-7-16(5,8-2)12-11-15(18)19-14-13-17(6,9-3)10-4/h7-14H2,1-6H3/q+2. The van der Waals surface area contributed by atoms with E-state index in [4.69, 9.17) is 4.74 Å². The highest BCUT2D eigenvalue weighted by Gasteiger charge is 2.20. The van der Waals surface area contributed by atoms with E-state index in [2.05, 4.69) is 41.8 Å². The van der Waals surface area contributed by atoms with Crippen molar-refractivity contribution in [2.75, 3.05) is 60.0 Å². The summed E-state index contributed by atoms with van der Waals surface area (Å²) in [5.74, 6) is -0.0509. The fourth-order valence-corrected chi connectivity index (χ4v) is 1.89. The van der Waals surface area contributed by atoms with Gasteiger partial charge in [-0.3, -0.25) is 4.79 Å². The smallest absolute Gasteiger partial charge is 0.311 e. The van der Waals surface area contributed by atoms with Gasteiger partial charge < -0.3 is 13.7 Å². The molecule has 4 nitrogen and oxygen atoms in total. The number of carbonyl (C=O) groups is 1. The van der Waals surface area contributed by atoms with Crippen molar-refractivity contribution >= 4 is 5.97 Å². The lowest BCUT2D eigenvalue weighted by atomic mass is 10.3. The van der Waals surface area contributed by atoms with Gasteiger partial charge in [-0.1, -0.05) is 0 Å². The van der Waals surface area contributed by atoms with Crippen LogP contribution in [0.2, 0.25) is 0 Å². The van der Waals surface area contributed by atoms with E-state index in [1.165, 1.54) is 0 Å². The average molecular weight is 274 g/mol. The minimum atomic E-state index is -0.0509. The number of rotatable bonds is 10. The minimum Gasteiger partial charge on any atom is -0.460 e. The molecule has 0 bridgehead atoms. The van der Waals surface area contributed by atoms with Crippen LogP contribution in [0.5, 0.6) is 0 Å². The zero-order chi connectivity index (χ0) is 14.9. The Balaban J connectivity index is 3.95. The van der Waals surface area contributed by atoms with Crippen LogP contribution in [-0.2, 0) is 9.53 Å². The Labute approximate surface area is 119 Å². The topological polar surface area (TPSA) is 26.3 Å². The molecule has 0 aliphatic rings. The van der Waals surface area contributed by atoms with Gasteiger partial charge in [0.1, 0.15) is 13.2 Å². The molecule has 19 heavy (non-hydrogen) atoms. The molecular weight excluding hydrogens is 240 g/mol. The van der Waals surface area contributed by atoms with Crippen LogP contribution >= 0.6 is 0 Å². The molecule has 0 aromatic carbocycles. The first kappa shape index (κ1) is 18.4. The fraction of sp³-hybridized carbons (Fsp3) is 0.933. The summed E-state index contributed by atoms with van der Waals surface area (Å²) in [6.07, 6.45) is 0.528. The zero-order valence-electron chi connectivity index (χ0n) is 13.9. The molecule has 0 rings (SSSR count). The summed E-state index contributed by atoms with van der Waals surface area (Å²) >= 11 is 0. The van der Waals surface area contributed by atoms with Gasteiger partial charge in [0, 0.05) is 0 Å². The van der Waals surface area contributed by atoms with Crippen molar-refractivity contribution in [3.8, 4) is 0 Å². The maximum absolute atomic E-state index is 11.7. The second-order valence-corrected chi connectivity index (χ2v) is 5.92. The van der Waals surface area contributed by atoms with Gasteiger partial charge in [0.25, 0.3) is 0 Å². The molecule has 114 valence electrons. The molecule has 0 N–H and O–H groups in total. The van der Waals surface area contributed by atoms with Crippen LogP contribution in [0, 0.1) is 0 Å². The van der Waals surface area contributed by atoms with Crippen LogP contribution in [0.4, 0.5) is 0 Å². The van der Waals surface area contributed by atoms with E-state index in [0.29, 0.717) is 13.0 Å². The maximum Gasteiger partial charge on any atom is 0.311 e. The quantitative estimate of drug-likeness (QED) is 0.449. The van der Waals surface area contributed by atoms with Crippen LogP contribution in [0.3, 0.4) is 0 Å². The Bertz CT molecular complexity index is 259. The number of quaternary nitrogens is 2. The van der Waals surface area contributed by atoms with Gasteiger partial charge in [0.15, 0.2) is 0 Å². The van der Waals surface area contributed by atoms with Crippen LogP contribution in [0.15, 0.2) is 0 Å². The molecule has 4 heteroatoms. The van der Waals surface area contributed by atoms with Crippen LogP contribution < -0.4 is 0 Å². The number of hydrogen-bond acceptors (Lipinski definition) is 2. The third-order valence-electron chi connectivity index (χ3n) is 4.80. The summed E-state index contributed by atoms with van der Waals surface area (Å²) < 4.78 is 7.26. The van der Waals surface area contributed by atoms with Gasteiger partial charge in [-0.2, -0.15) is 0 Å². The zero-order valence-corrected chi connectivity index (χ0v) is 13.9. The molecule has 0 aromatic rings. The highest BCUT2D eigenvalue weighted by molar-refractivity contribution is 5.69. The Hall–Kier alpha value is -0.610. The number of nitrogens with zero attached hydrogens (tertiary/aromatic N) is 2. The average Bonchev–Trinajstić information content (AvgIpc) is 2.44. The van der Waals surface area contributed by atoms with Crippen LogP contribution in [0.25, 0.3) is 0 Å². The van der Waals surface area contributed by atoms with Crippen LogP contribution in [-0.4, -0.2) is 74.9 Å². The minimum absolute atomic E-state index is 0.0509. The summed E-state index contributed by atoms with van der Waals surface area (Å²) in [6, 6.07) is 0. The maximum atomic E-state index is 11.7. The van der Waals surface area contributed by atoms with Gasteiger partial charge in [-0.25, -0.2) is 0 Å². The van der Waals surface area contributed by atoms with Crippen molar-refractivity contribution in [2.24, 2.45) is 0 Å². The van der Waals surface area contributed by atoms with Crippen LogP contribution in [0.1, 0.15) is 34.1 Å². The van der Waals surface area contributed by atoms with Gasteiger partial charge in [-0.05, 0) is 27.7 Å². The molecule has 0 radical (unpaired) electrons. The van der Waals surface area contributed by atoms with Gasteiger partial charge in [0.05, 0.1) is 53.2 Å². The lowest BCUT2D eigenvalue weighted by Crippen LogP contribution is -2.46. The van der Waals surface area contributed by atoms with Crippen molar-refractivity contribution in [3.63, 3.8) is 0 Å². The Morgan fingerprint density at radius 3 is 1.68 bits per heavy atom. The molecule has 0 aliphatic carbocycles. The van der Waals surface area contributed by atoms with E-state index in [-0.39, 0.29) is 5.97 Å². The first-order valence-corrected chi connectivity index (χ1v) is 7.67. The molecular formula is C15H34N2O2+2. The first-order valence-electron chi connectivity index (χ1n) is 7.67. The third-order valence-corrected chi connectivity index (χ3v) is 4.80. The largest absolute Gasteiger partial charge is 0.460 e. The van der Waals surface area contributed by atoms with E-state index >= 15 is 0 Å². The van der Waals surface area contributed by atoms with Crippen molar-refractivity contribution in [2.45, 2.75) is 34.1 Å². The number of carbonyl (C=O) groups excluding carboxylic acids is 1. The predicted octanol–water partition coefficient (Wildman–Crippen LogP) is 1.89. The molecule has 0 unspecified atom stereocenters. The van der Waals surface area contributed by atoms with Crippen molar-refractivity contribution in [3.05, 3.63) is 0 Å². The van der Waals surface area contributed by atoms with Gasteiger partial charge in [-0.15, -0.1) is 0 Å². The lowest BCUT2D eigenvalue weighted by molar-refractivity contribution is -0.906. The SMILES string of the molecule is CC[N+](C)(CC)CCOC(=O)CC[N+](C)(CC)CC. The van der Waals surface area contributed by atoms with Crippen molar-refractivity contribution in [1.29, 1.82) is 0 Å². The molecule has 0 saturated carbocycles. The lowest BCUT2D eigenvalue weighted by Gasteiger charge is -2.32. The van der Waals surface area contributed by atoms with E-state index < -0.39 is 0 Å². The molecule has 0 spiro atoms. The highest BCUT2D eigenvalue weighted by atomic mass is 16.5. The summed E-state index contributed by atoms with van der Waals surface area (Å²) in [6.45, 7) is 15.3. The molecule has 0 amide bonds. The summed E-state index contributed by atoms with van der Waals surface area (Å²) in [5.41, 5.74) is 0. The first-order chi connectivity index (χ1) is 8.84. The molecule has 0 fully saturated rings. The molecule has 0 aromatic heterocycles. The molecule has 0 aliphatic heterocycles. The van der Waals surface area contributed by atoms with E-state index in [1.54, 1.807) is 0 Å². The number of esters is 1. The second kappa shape index (κ2) is 8.54. The van der Waals surface area contributed by atoms with Gasteiger partial charge >= 0.3 is 5.97 Å². The Morgan fingerprint density at radius 1 is 0.842 bits per heavy atom. The normalized spacial score (nSPS) is 12.5. The van der Waals surface area contributed by atoms with Gasteiger partial charge in [0.2, 0.25) is 0 Å².